The molecule has 1 amide bonds. The Bertz CT molecular complexity index is 774. The molecule has 0 bridgehead atoms. The van der Waals surface area contributed by atoms with Crippen LogP contribution in [-0.2, 0) is 0 Å². The van der Waals surface area contributed by atoms with E-state index in [4.69, 9.17) is 11.6 Å². The maximum absolute atomic E-state index is 12.5. The van der Waals surface area contributed by atoms with E-state index < -0.39 is 0 Å². The molecule has 0 N–H and O–H groups in total. The van der Waals surface area contributed by atoms with E-state index in [9.17, 15) is 4.79 Å². The van der Waals surface area contributed by atoms with Crippen molar-refractivity contribution in [3.05, 3.63) is 81.3 Å². The van der Waals surface area contributed by atoms with Gasteiger partial charge in [0.05, 0.1) is 11.1 Å². The van der Waals surface area contributed by atoms with Gasteiger partial charge in [-0.2, -0.15) is 0 Å². The molecule has 0 aromatic heterocycles. The number of carbonyl (C=O) groups excluding carboxylic acids is 1. The van der Waals surface area contributed by atoms with Gasteiger partial charge >= 0.3 is 0 Å². The second-order valence-corrected chi connectivity index (χ2v) is 7.01. The van der Waals surface area contributed by atoms with Gasteiger partial charge in [-0.05, 0) is 51.7 Å². The van der Waals surface area contributed by atoms with Gasteiger partial charge in [0.2, 0.25) is 0 Å². The number of nitrogens with zero attached hydrogens (tertiary/aromatic N) is 1. The summed E-state index contributed by atoms with van der Waals surface area (Å²) in [6, 6.07) is 13.8. The van der Waals surface area contributed by atoms with Gasteiger partial charge in [-0.1, -0.05) is 41.9 Å². The number of rotatable bonds is 4. The van der Waals surface area contributed by atoms with Crippen molar-refractivity contribution in [2.45, 2.75) is 18.4 Å². The van der Waals surface area contributed by atoms with Crippen LogP contribution < -0.4 is 0 Å². The molecule has 0 fully saturated rings. The third-order valence-electron chi connectivity index (χ3n) is 4.42. The van der Waals surface area contributed by atoms with Crippen LogP contribution in [0.1, 0.15) is 39.9 Å². The minimum atomic E-state index is -0.00561. The summed E-state index contributed by atoms with van der Waals surface area (Å²) in [5.41, 5.74) is 2.97. The van der Waals surface area contributed by atoms with Crippen LogP contribution in [0.4, 0.5) is 0 Å². The molecule has 2 aromatic rings. The number of benzene rings is 2. The smallest absolute Gasteiger partial charge is 0.254 e. The van der Waals surface area contributed by atoms with Crippen molar-refractivity contribution in [1.29, 1.82) is 0 Å². The Balaban J connectivity index is 2.09. The molecule has 0 unspecified atom stereocenters. The lowest BCUT2D eigenvalue weighted by Crippen LogP contribution is -2.27. The highest BCUT2D eigenvalue weighted by Gasteiger charge is 2.38. The van der Waals surface area contributed by atoms with Crippen molar-refractivity contribution < 1.29 is 4.79 Å². The van der Waals surface area contributed by atoms with Gasteiger partial charge in [0.15, 0.2) is 0 Å². The first-order valence-corrected chi connectivity index (χ1v) is 8.63. The Hall–Kier alpha value is -1.58. The summed E-state index contributed by atoms with van der Waals surface area (Å²) in [5, 5.41) is 0.678. The quantitative estimate of drug-likeness (QED) is 0.623. The van der Waals surface area contributed by atoms with Crippen LogP contribution in [0.15, 0.2) is 59.6 Å². The minimum Gasteiger partial charge on any atom is -0.334 e. The van der Waals surface area contributed by atoms with Crippen molar-refractivity contribution in [3.8, 4) is 0 Å². The highest BCUT2D eigenvalue weighted by atomic mass is 79.9. The predicted octanol–water partition coefficient (Wildman–Crippen LogP) is 5.59. The van der Waals surface area contributed by atoms with E-state index in [1.807, 2.05) is 54.4 Å². The lowest BCUT2D eigenvalue weighted by molar-refractivity contribution is 0.0755. The molecule has 2 aromatic carbocycles. The summed E-state index contributed by atoms with van der Waals surface area (Å²) < 4.78 is 0.872. The number of fused-ring (bicyclic) bond motifs is 1. The molecule has 2 nitrogen and oxygen atoms in total. The summed E-state index contributed by atoms with van der Waals surface area (Å²) in [5.74, 6) is 0.193. The molecule has 1 heterocycles. The molecule has 0 radical (unpaired) electrons. The van der Waals surface area contributed by atoms with Crippen LogP contribution >= 0.6 is 27.5 Å². The maximum Gasteiger partial charge on any atom is 0.254 e. The largest absolute Gasteiger partial charge is 0.334 e. The molecular weight excluding hydrogens is 374 g/mol. The highest BCUT2D eigenvalue weighted by molar-refractivity contribution is 9.10. The van der Waals surface area contributed by atoms with Crippen LogP contribution in [0.3, 0.4) is 0 Å². The molecular formula is C19H17BrClNO. The molecule has 1 aliphatic heterocycles. The van der Waals surface area contributed by atoms with Crippen LogP contribution in [0.5, 0.6) is 0 Å². The van der Waals surface area contributed by atoms with Crippen LogP contribution in [-0.4, -0.2) is 17.9 Å². The molecule has 0 saturated heterocycles. The molecule has 4 heteroatoms. The van der Waals surface area contributed by atoms with Crippen molar-refractivity contribution in [2.75, 3.05) is 7.05 Å². The zero-order valence-corrected chi connectivity index (χ0v) is 15.1. The standard InChI is InChI=1S/C19H17BrClNO/c1-3-6-13(12-9-10-16(20)17(21)11-12)18-14-7-4-5-8-15(14)19(23)22(18)2/h3-5,7-11,13,18H,1,6H2,2H3/t13-,18+/m0/s1. The van der Waals surface area contributed by atoms with Crippen LogP contribution in [0.25, 0.3) is 0 Å². The van der Waals surface area contributed by atoms with E-state index in [0.29, 0.717) is 5.02 Å². The fourth-order valence-electron chi connectivity index (χ4n) is 3.33. The van der Waals surface area contributed by atoms with E-state index in [0.717, 1.165) is 27.6 Å². The molecule has 23 heavy (non-hydrogen) atoms. The van der Waals surface area contributed by atoms with Crippen molar-refractivity contribution in [2.24, 2.45) is 0 Å². The third kappa shape index (κ3) is 2.84. The second-order valence-electron chi connectivity index (χ2n) is 5.75. The van der Waals surface area contributed by atoms with Gasteiger partial charge in [-0.25, -0.2) is 0 Å². The second kappa shape index (κ2) is 6.50. The van der Waals surface area contributed by atoms with Gasteiger partial charge < -0.3 is 4.90 Å². The number of hydrogen-bond donors (Lipinski definition) is 0. The summed E-state index contributed by atoms with van der Waals surface area (Å²) in [6.45, 7) is 3.89. The molecule has 3 rings (SSSR count). The first kappa shape index (κ1) is 16.3. The Morgan fingerprint density at radius 2 is 2.09 bits per heavy atom. The topological polar surface area (TPSA) is 20.3 Å². The molecule has 1 aliphatic rings. The van der Waals surface area contributed by atoms with Crippen molar-refractivity contribution in [1.82, 2.24) is 4.90 Å². The summed E-state index contributed by atoms with van der Waals surface area (Å²) in [6.07, 6.45) is 2.68. The number of likely N-dealkylation sites (N-methyl/N-ethyl adjacent to an activating group) is 1. The maximum atomic E-state index is 12.5. The van der Waals surface area contributed by atoms with E-state index in [2.05, 4.69) is 28.6 Å². The van der Waals surface area contributed by atoms with Gasteiger partial charge in [-0.15, -0.1) is 6.58 Å². The van der Waals surface area contributed by atoms with Crippen molar-refractivity contribution in [3.63, 3.8) is 0 Å². The monoisotopic (exact) mass is 389 g/mol. The molecule has 118 valence electrons. The Morgan fingerprint density at radius 1 is 1.35 bits per heavy atom. The van der Waals surface area contributed by atoms with E-state index in [1.165, 1.54) is 0 Å². The first-order chi connectivity index (χ1) is 11.0. The predicted molar refractivity (Wildman–Crippen MR) is 98.0 cm³/mol. The van der Waals surface area contributed by atoms with Crippen molar-refractivity contribution >= 4 is 33.4 Å². The lowest BCUT2D eigenvalue weighted by Gasteiger charge is -2.30. The van der Waals surface area contributed by atoms with Gasteiger partial charge in [0.1, 0.15) is 0 Å². The lowest BCUT2D eigenvalue weighted by atomic mass is 9.84. The number of halogens is 2. The number of carbonyl (C=O) groups is 1. The fraction of sp³-hybridized carbons (Fsp3) is 0.211. The zero-order valence-electron chi connectivity index (χ0n) is 12.8. The summed E-state index contributed by atoms with van der Waals surface area (Å²) in [7, 11) is 1.86. The molecule has 0 saturated carbocycles. The van der Waals surface area contributed by atoms with Gasteiger partial charge in [-0.3, -0.25) is 4.79 Å². The minimum absolute atomic E-state index is 0.00561. The first-order valence-electron chi connectivity index (χ1n) is 7.46. The average molecular weight is 391 g/mol. The summed E-state index contributed by atoms with van der Waals surface area (Å²) in [4.78, 5) is 14.4. The van der Waals surface area contributed by atoms with Gasteiger partial charge in [0, 0.05) is 23.0 Å². The number of amides is 1. The zero-order chi connectivity index (χ0) is 16.6. The van der Waals surface area contributed by atoms with Crippen LogP contribution in [0, 0.1) is 0 Å². The Morgan fingerprint density at radius 3 is 2.78 bits per heavy atom. The number of hydrogen-bond acceptors (Lipinski definition) is 1. The van der Waals surface area contributed by atoms with E-state index in [1.54, 1.807) is 0 Å². The highest BCUT2D eigenvalue weighted by Crippen LogP contribution is 2.44. The molecule has 0 spiro atoms. The normalized spacial score (nSPS) is 18.0. The third-order valence-corrected chi connectivity index (χ3v) is 5.65. The van der Waals surface area contributed by atoms with Gasteiger partial charge in [0.25, 0.3) is 5.91 Å². The summed E-state index contributed by atoms with van der Waals surface area (Å²) >= 11 is 9.71. The number of allylic oxidation sites excluding steroid dienone is 1. The average Bonchev–Trinajstić information content (AvgIpc) is 2.80. The van der Waals surface area contributed by atoms with E-state index >= 15 is 0 Å². The molecule has 0 aliphatic carbocycles. The Kier molecular flexibility index (Phi) is 4.60. The van der Waals surface area contributed by atoms with Crippen LogP contribution in [0.2, 0.25) is 5.02 Å². The fourth-order valence-corrected chi connectivity index (χ4v) is 3.77. The SMILES string of the molecule is C=CC[C@@H](c1ccc(Br)c(Cl)c1)[C@@H]1c2ccccc2C(=O)N1C. The Labute approximate surface area is 149 Å². The van der Waals surface area contributed by atoms with E-state index in [-0.39, 0.29) is 17.9 Å². The molecule has 2 atom stereocenters.